The van der Waals surface area contributed by atoms with Crippen molar-refractivity contribution >= 4 is 11.7 Å². The molecule has 1 unspecified atom stereocenters. The molecular formula is C16H21NO4. The van der Waals surface area contributed by atoms with Crippen molar-refractivity contribution in [3.05, 3.63) is 23.8 Å². The monoisotopic (exact) mass is 291 g/mol. The summed E-state index contributed by atoms with van der Waals surface area (Å²) in [5.74, 6) is 1.21. The molecule has 0 N–H and O–H groups in total. The normalized spacial score (nSPS) is 18.5. The number of hydrogen-bond acceptors (Lipinski definition) is 4. The number of carbonyl (C=O) groups is 2. The van der Waals surface area contributed by atoms with Gasteiger partial charge in [0, 0.05) is 25.4 Å². The van der Waals surface area contributed by atoms with Gasteiger partial charge in [0.25, 0.3) is 5.91 Å². The minimum absolute atomic E-state index is 0.0562. The zero-order valence-corrected chi connectivity index (χ0v) is 12.7. The zero-order chi connectivity index (χ0) is 15.4. The Balaban J connectivity index is 2.25. The molecule has 0 bridgehead atoms. The fourth-order valence-corrected chi connectivity index (χ4v) is 2.60. The van der Waals surface area contributed by atoms with E-state index in [4.69, 9.17) is 9.47 Å². The number of nitrogens with zero attached hydrogens (tertiary/aromatic N) is 1. The maximum Gasteiger partial charge on any atom is 0.257 e. The summed E-state index contributed by atoms with van der Waals surface area (Å²) < 4.78 is 10.4. The standard InChI is InChI=1S/C16H21NO4/c1-4-11-10-17(8-7-14(11)18)16(19)13-9-12(20-2)5-6-15(13)21-3/h5-6,9,11H,4,7-8,10H2,1-3H3. The van der Waals surface area contributed by atoms with Gasteiger partial charge in [-0.15, -0.1) is 0 Å². The Kier molecular flexibility index (Phi) is 4.83. The number of Topliss-reactive ketones (excluding diaryl/α,β-unsaturated/α-hetero) is 1. The van der Waals surface area contributed by atoms with E-state index in [0.29, 0.717) is 36.6 Å². The fraction of sp³-hybridized carbons (Fsp3) is 0.500. The quantitative estimate of drug-likeness (QED) is 0.853. The summed E-state index contributed by atoms with van der Waals surface area (Å²) in [5.41, 5.74) is 0.473. The van der Waals surface area contributed by atoms with Crippen LogP contribution in [0.4, 0.5) is 0 Å². The maximum atomic E-state index is 12.7. The molecule has 1 amide bonds. The lowest BCUT2D eigenvalue weighted by molar-refractivity contribution is -0.125. The number of hydrogen-bond donors (Lipinski definition) is 0. The average molecular weight is 291 g/mol. The smallest absolute Gasteiger partial charge is 0.257 e. The Hall–Kier alpha value is -2.04. The molecule has 5 heteroatoms. The fourth-order valence-electron chi connectivity index (χ4n) is 2.60. The molecule has 21 heavy (non-hydrogen) atoms. The lowest BCUT2D eigenvalue weighted by Crippen LogP contribution is -2.44. The van der Waals surface area contributed by atoms with E-state index < -0.39 is 0 Å². The van der Waals surface area contributed by atoms with Crippen LogP contribution in [0.1, 0.15) is 30.1 Å². The molecule has 1 fully saturated rings. The van der Waals surface area contributed by atoms with Gasteiger partial charge in [-0.25, -0.2) is 0 Å². The van der Waals surface area contributed by atoms with Crippen molar-refractivity contribution in [1.29, 1.82) is 0 Å². The highest BCUT2D eigenvalue weighted by atomic mass is 16.5. The highest BCUT2D eigenvalue weighted by molar-refractivity contribution is 5.98. The van der Waals surface area contributed by atoms with Crippen LogP contribution in [-0.2, 0) is 4.79 Å². The third-order valence-electron chi connectivity index (χ3n) is 3.94. The number of amides is 1. The van der Waals surface area contributed by atoms with E-state index in [2.05, 4.69) is 0 Å². The third kappa shape index (κ3) is 3.17. The van der Waals surface area contributed by atoms with Gasteiger partial charge in [-0.05, 0) is 24.6 Å². The number of methoxy groups -OCH3 is 2. The summed E-state index contributed by atoms with van der Waals surface area (Å²) in [5, 5.41) is 0. The van der Waals surface area contributed by atoms with E-state index >= 15 is 0 Å². The van der Waals surface area contributed by atoms with Crippen LogP contribution >= 0.6 is 0 Å². The number of carbonyl (C=O) groups excluding carboxylic acids is 2. The highest BCUT2D eigenvalue weighted by Gasteiger charge is 2.30. The molecule has 0 saturated carbocycles. The summed E-state index contributed by atoms with van der Waals surface area (Å²) in [4.78, 5) is 26.2. The van der Waals surface area contributed by atoms with Gasteiger partial charge >= 0.3 is 0 Å². The van der Waals surface area contributed by atoms with Crippen molar-refractivity contribution < 1.29 is 19.1 Å². The molecule has 0 radical (unpaired) electrons. The second-order valence-corrected chi connectivity index (χ2v) is 5.14. The van der Waals surface area contributed by atoms with Gasteiger partial charge in [-0.3, -0.25) is 9.59 Å². The summed E-state index contributed by atoms with van der Waals surface area (Å²) >= 11 is 0. The predicted octanol–water partition coefficient (Wildman–Crippen LogP) is 2.15. The van der Waals surface area contributed by atoms with Crippen LogP contribution in [-0.4, -0.2) is 43.9 Å². The van der Waals surface area contributed by atoms with Crippen molar-refractivity contribution in [1.82, 2.24) is 4.90 Å². The van der Waals surface area contributed by atoms with Crippen LogP contribution in [0.5, 0.6) is 11.5 Å². The Morgan fingerprint density at radius 2 is 2.10 bits per heavy atom. The topological polar surface area (TPSA) is 55.8 Å². The second kappa shape index (κ2) is 6.61. The van der Waals surface area contributed by atoms with Gasteiger partial charge in [0.05, 0.1) is 19.8 Å². The summed E-state index contributed by atoms with van der Waals surface area (Å²) in [6, 6.07) is 5.15. The number of benzene rings is 1. The van der Waals surface area contributed by atoms with Crippen LogP contribution < -0.4 is 9.47 Å². The zero-order valence-electron chi connectivity index (χ0n) is 12.7. The minimum Gasteiger partial charge on any atom is -0.497 e. The Morgan fingerprint density at radius 1 is 1.33 bits per heavy atom. The molecule has 1 heterocycles. The summed E-state index contributed by atoms with van der Waals surface area (Å²) in [6.45, 7) is 2.92. The minimum atomic E-state index is -0.114. The summed E-state index contributed by atoms with van der Waals surface area (Å²) in [7, 11) is 3.09. The largest absolute Gasteiger partial charge is 0.497 e. The molecule has 0 aromatic heterocycles. The molecule has 114 valence electrons. The van der Waals surface area contributed by atoms with Crippen molar-refractivity contribution in [2.24, 2.45) is 5.92 Å². The van der Waals surface area contributed by atoms with Gasteiger partial charge in [0.15, 0.2) is 0 Å². The van der Waals surface area contributed by atoms with Gasteiger partial charge in [-0.1, -0.05) is 6.92 Å². The van der Waals surface area contributed by atoms with Crippen LogP contribution in [0.2, 0.25) is 0 Å². The lowest BCUT2D eigenvalue weighted by Gasteiger charge is -2.31. The van der Waals surface area contributed by atoms with Crippen molar-refractivity contribution in [2.45, 2.75) is 19.8 Å². The molecule has 5 nitrogen and oxygen atoms in total. The first kappa shape index (κ1) is 15.4. The molecule has 1 atom stereocenters. The van der Waals surface area contributed by atoms with E-state index in [1.807, 2.05) is 6.92 Å². The van der Waals surface area contributed by atoms with Crippen LogP contribution in [0.25, 0.3) is 0 Å². The van der Waals surface area contributed by atoms with E-state index in [-0.39, 0.29) is 17.6 Å². The first-order valence-electron chi connectivity index (χ1n) is 7.14. The van der Waals surface area contributed by atoms with Crippen molar-refractivity contribution in [3.63, 3.8) is 0 Å². The van der Waals surface area contributed by atoms with E-state index in [1.165, 1.54) is 7.11 Å². The number of ketones is 1. The molecule has 0 spiro atoms. The van der Waals surface area contributed by atoms with Crippen LogP contribution in [0.15, 0.2) is 18.2 Å². The van der Waals surface area contributed by atoms with Gasteiger partial charge in [0.1, 0.15) is 17.3 Å². The van der Waals surface area contributed by atoms with E-state index in [1.54, 1.807) is 30.2 Å². The first-order chi connectivity index (χ1) is 10.1. The van der Waals surface area contributed by atoms with E-state index in [0.717, 1.165) is 6.42 Å². The number of ether oxygens (including phenoxy) is 2. The maximum absolute atomic E-state index is 12.7. The average Bonchev–Trinajstić information content (AvgIpc) is 2.54. The number of rotatable bonds is 4. The second-order valence-electron chi connectivity index (χ2n) is 5.14. The molecule has 0 aliphatic carbocycles. The highest BCUT2D eigenvalue weighted by Crippen LogP contribution is 2.27. The first-order valence-corrected chi connectivity index (χ1v) is 7.14. The van der Waals surface area contributed by atoms with Gasteiger partial charge in [-0.2, -0.15) is 0 Å². The van der Waals surface area contributed by atoms with E-state index in [9.17, 15) is 9.59 Å². The Labute approximate surface area is 124 Å². The molecule has 2 rings (SSSR count). The Bertz CT molecular complexity index is 541. The summed E-state index contributed by atoms with van der Waals surface area (Å²) in [6.07, 6.45) is 1.19. The molecule has 1 aliphatic heterocycles. The number of likely N-dealkylation sites (tertiary alicyclic amines) is 1. The van der Waals surface area contributed by atoms with Crippen molar-refractivity contribution in [2.75, 3.05) is 27.3 Å². The van der Waals surface area contributed by atoms with Gasteiger partial charge in [0.2, 0.25) is 0 Å². The van der Waals surface area contributed by atoms with Gasteiger partial charge < -0.3 is 14.4 Å². The van der Waals surface area contributed by atoms with Crippen LogP contribution in [0.3, 0.4) is 0 Å². The molecular weight excluding hydrogens is 270 g/mol. The van der Waals surface area contributed by atoms with Crippen LogP contribution in [0, 0.1) is 5.92 Å². The SMILES string of the molecule is CCC1CN(C(=O)c2cc(OC)ccc2OC)CCC1=O. The van der Waals surface area contributed by atoms with Crippen molar-refractivity contribution in [3.8, 4) is 11.5 Å². The number of piperidine rings is 1. The predicted molar refractivity (Wildman–Crippen MR) is 78.9 cm³/mol. The Morgan fingerprint density at radius 3 is 2.71 bits per heavy atom. The third-order valence-corrected chi connectivity index (χ3v) is 3.94. The molecule has 1 saturated heterocycles. The lowest BCUT2D eigenvalue weighted by atomic mass is 9.93. The molecule has 1 aromatic rings. The molecule has 1 aromatic carbocycles. The molecule has 1 aliphatic rings.